The Morgan fingerprint density at radius 3 is 2.31 bits per heavy atom. The maximum absolute atomic E-state index is 12.2. The van der Waals surface area contributed by atoms with Gasteiger partial charge in [-0.1, -0.05) is 66.7 Å². The Morgan fingerprint density at radius 1 is 1.00 bits per heavy atom. The number of nitrogens with zero attached hydrogens (tertiary/aromatic N) is 2. The van der Waals surface area contributed by atoms with E-state index < -0.39 is 0 Å². The molecule has 0 unspecified atom stereocenters. The van der Waals surface area contributed by atoms with Crippen molar-refractivity contribution in [1.82, 2.24) is 10.2 Å². The molecule has 0 fully saturated rings. The van der Waals surface area contributed by atoms with Crippen LogP contribution in [-0.2, 0) is 4.79 Å². The van der Waals surface area contributed by atoms with E-state index in [1.54, 1.807) is 0 Å². The van der Waals surface area contributed by atoms with E-state index in [2.05, 4.69) is 51.8 Å². The number of aliphatic imine (C=N–C) groups is 1. The molecule has 150 valence electrons. The van der Waals surface area contributed by atoms with Crippen molar-refractivity contribution in [2.24, 2.45) is 4.99 Å². The van der Waals surface area contributed by atoms with Crippen LogP contribution in [0.5, 0.6) is 0 Å². The van der Waals surface area contributed by atoms with Crippen LogP contribution in [0.15, 0.2) is 84.0 Å². The van der Waals surface area contributed by atoms with Crippen molar-refractivity contribution in [2.45, 2.75) is 25.7 Å². The van der Waals surface area contributed by atoms with Crippen LogP contribution >= 0.6 is 0 Å². The van der Waals surface area contributed by atoms with E-state index in [4.69, 9.17) is 0 Å². The number of rotatable bonds is 10. The fourth-order valence-corrected chi connectivity index (χ4v) is 3.31. The van der Waals surface area contributed by atoms with Gasteiger partial charge >= 0.3 is 0 Å². The van der Waals surface area contributed by atoms with E-state index in [0.29, 0.717) is 6.42 Å². The lowest BCUT2D eigenvalue weighted by atomic mass is 9.96. The van der Waals surface area contributed by atoms with Crippen molar-refractivity contribution in [3.63, 3.8) is 0 Å². The van der Waals surface area contributed by atoms with Crippen molar-refractivity contribution < 1.29 is 4.79 Å². The Hall–Kier alpha value is -3.14. The Bertz CT molecular complexity index is 799. The van der Waals surface area contributed by atoms with Gasteiger partial charge < -0.3 is 10.2 Å². The number of hydrogen-bond acceptors (Lipinski definition) is 3. The Balaban J connectivity index is 1.42. The Kier molecular flexibility index (Phi) is 8.27. The highest BCUT2D eigenvalue weighted by atomic mass is 16.1. The molecule has 1 heterocycles. The second-order valence-electron chi connectivity index (χ2n) is 7.07. The van der Waals surface area contributed by atoms with Crippen LogP contribution < -0.4 is 5.32 Å². The summed E-state index contributed by atoms with van der Waals surface area (Å²) in [7, 11) is 0. The second kappa shape index (κ2) is 11.6. The maximum Gasteiger partial charge on any atom is 0.220 e. The third-order valence-corrected chi connectivity index (χ3v) is 4.84. The zero-order chi connectivity index (χ0) is 20.2. The van der Waals surface area contributed by atoms with Crippen LogP contribution in [0.2, 0.25) is 0 Å². The Labute approximate surface area is 173 Å². The first-order valence-corrected chi connectivity index (χ1v) is 10.3. The van der Waals surface area contributed by atoms with Crippen molar-refractivity contribution >= 4 is 17.7 Å². The van der Waals surface area contributed by atoms with Crippen molar-refractivity contribution in [3.8, 4) is 0 Å². The molecule has 0 radical (unpaired) electrons. The molecule has 0 saturated carbocycles. The molecule has 1 aliphatic rings. The van der Waals surface area contributed by atoms with Gasteiger partial charge in [0.05, 0.1) is 0 Å². The largest absolute Gasteiger partial charge is 0.358 e. The molecule has 29 heavy (non-hydrogen) atoms. The molecule has 1 N–H and O–H groups in total. The van der Waals surface area contributed by atoms with Gasteiger partial charge in [-0.3, -0.25) is 9.79 Å². The van der Waals surface area contributed by atoms with Gasteiger partial charge in [0, 0.05) is 31.9 Å². The lowest BCUT2D eigenvalue weighted by Gasteiger charge is -2.19. The van der Waals surface area contributed by atoms with E-state index in [-0.39, 0.29) is 5.91 Å². The normalized spacial score (nSPS) is 12.6. The fraction of sp³-hybridized carbons (Fsp3) is 0.280. The predicted molar refractivity (Wildman–Crippen MR) is 121 cm³/mol. The molecular formula is C25H29N3O. The summed E-state index contributed by atoms with van der Waals surface area (Å²) in [4.78, 5) is 18.6. The summed E-state index contributed by atoms with van der Waals surface area (Å²) in [5.74, 6) is 0.115. The maximum atomic E-state index is 12.2. The Morgan fingerprint density at radius 2 is 1.69 bits per heavy atom. The first kappa shape index (κ1) is 20.6. The smallest absolute Gasteiger partial charge is 0.220 e. The first-order valence-electron chi connectivity index (χ1n) is 10.3. The van der Waals surface area contributed by atoms with Gasteiger partial charge in [-0.15, -0.1) is 0 Å². The summed E-state index contributed by atoms with van der Waals surface area (Å²) in [5.41, 5.74) is 3.53. The van der Waals surface area contributed by atoms with Crippen LogP contribution in [-0.4, -0.2) is 36.8 Å². The van der Waals surface area contributed by atoms with Gasteiger partial charge in [-0.05, 0) is 42.0 Å². The molecule has 0 atom stereocenters. The van der Waals surface area contributed by atoms with Crippen molar-refractivity contribution in [2.75, 3.05) is 19.8 Å². The standard InChI is InChI=1S/C25H29N3O/c29-25(27-18-7-8-19-28-20-10-17-26-21-28)16-9-15-24(22-11-3-1-4-12-22)23-13-5-2-6-14-23/h1-6,10-15,17,20H,7-9,16,18-19,21H2,(H,27,29). The monoisotopic (exact) mass is 387 g/mol. The summed E-state index contributed by atoms with van der Waals surface area (Å²) in [6.45, 7) is 2.44. The van der Waals surface area contributed by atoms with Gasteiger partial charge in [0.1, 0.15) is 6.67 Å². The van der Waals surface area contributed by atoms with Crippen molar-refractivity contribution in [3.05, 3.63) is 90.1 Å². The highest BCUT2D eigenvalue weighted by molar-refractivity contribution is 5.81. The highest BCUT2D eigenvalue weighted by Gasteiger charge is 2.06. The molecule has 0 bridgehead atoms. The summed E-state index contributed by atoms with van der Waals surface area (Å²) in [6, 6.07) is 20.7. The van der Waals surface area contributed by atoms with Gasteiger partial charge in [0.2, 0.25) is 5.91 Å². The van der Waals surface area contributed by atoms with Gasteiger partial charge in [-0.25, -0.2) is 0 Å². The summed E-state index contributed by atoms with van der Waals surface area (Å²) < 4.78 is 0. The lowest BCUT2D eigenvalue weighted by molar-refractivity contribution is -0.121. The molecule has 2 aromatic rings. The number of amides is 1. The molecule has 1 aliphatic heterocycles. The molecule has 0 spiro atoms. The average Bonchev–Trinajstić information content (AvgIpc) is 2.78. The van der Waals surface area contributed by atoms with Crippen LogP contribution in [0.3, 0.4) is 0 Å². The number of hydrogen-bond donors (Lipinski definition) is 1. The van der Waals surface area contributed by atoms with Crippen LogP contribution in [0, 0.1) is 0 Å². The highest BCUT2D eigenvalue weighted by Crippen LogP contribution is 2.23. The van der Waals surface area contributed by atoms with E-state index in [9.17, 15) is 4.79 Å². The lowest BCUT2D eigenvalue weighted by Crippen LogP contribution is -2.25. The van der Waals surface area contributed by atoms with Gasteiger partial charge in [-0.2, -0.15) is 0 Å². The topological polar surface area (TPSA) is 44.7 Å². The van der Waals surface area contributed by atoms with E-state index in [1.165, 1.54) is 16.7 Å². The summed E-state index contributed by atoms with van der Waals surface area (Å²) in [6.07, 6.45) is 11.3. The van der Waals surface area contributed by atoms with Gasteiger partial charge in [0.15, 0.2) is 0 Å². The predicted octanol–water partition coefficient (Wildman–Crippen LogP) is 4.65. The zero-order valence-corrected chi connectivity index (χ0v) is 16.8. The quantitative estimate of drug-likeness (QED) is 0.603. The molecule has 1 amide bonds. The van der Waals surface area contributed by atoms with Crippen LogP contribution in [0.1, 0.15) is 36.8 Å². The molecule has 4 nitrogen and oxygen atoms in total. The molecule has 4 heteroatoms. The molecule has 0 aliphatic carbocycles. The molecule has 3 rings (SSSR count). The molecule has 2 aromatic carbocycles. The number of benzene rings is 2. The van der Waals surface area contributed by atoms with E-state index in [0.717, 1.165) is 39.0 Å². The summed E-state index contributed by atoms with van der Waals surface area (Å²) >= 11 is 0. The minimum atomic E-state index is 0.115. The number of carbonyl (C=O) groups is 1. The SMILES string of the molecule is O=C(CCC=C(c1ccccc1)c1ccccc1)NCCCCN1C=CC=NC1. The number of nitrogens with one attached hydrogen (secondary N) is 1. The zero-order valence-electron chi connectivity index (χ0n) is 16.8. The third kappa shape index (κ3) is 7.07. The third-order valence-electron chi connectivity index (χ3n) is 4.84. The molecule has 0 aromatic heterocycles. The fourth-order valence-electron chi connectivity index (χ4n) is 3.31. The van der Waals surface area contributed by atoms with E-state index >= 15 is 0 Å². The summed E-state index contributed by atoms with van der Waals surface area (Å²) in [5, 5.41) is 3.04. The van der Waals surface area contributed by atoms with Gasteiger partial charge in [0.25, 0.3) is 0 Å². The second-order valence-corrected chi connectivity index (χ2v) is 7.07. The molecular weight excluding hydrogens is 358 g/mol. The average molecular weight is 388 g/mol. The van der Waals surface area contributed by atoms with E-state index in [1.807, 2.05) is 48.7 Å². The number of allylic oxidation sites excluding steroid dienone is 2. The van der Waals surface area contributed by atoms with Crippen LogP contribution in [0.25, 0.3) is 5.57 Å². The van der Waals surface area contributed by atoms with Crippen molar-refractivity contribution in [1.29, 1.82) is 0 Å². The molecule has 0 saturated heterocycles. The number of unbranched alkanes of at least 4 members (excludes halogenated alkanes) is 1. The first-order chi connectivity index (χ1) is 14.3. The minimum Gasteiger partial charge on any atom is -0.358 e. The van der Waals surface area contributed by atoms with Crippen LogP contribution in [0.4, 0.5) is 0 Å². The minimum absolute atomic E-state index is 0.115. The number of carbonyl (C=O) groups excluding carboxylic acids is 1.